The normalized spacial score (nSPS) is 13.1. The Kier molecular flexibility index (Phi) is 11.6. The Morgan fingerprint density at radius 1 is 0.415 bits per heavy atom. The summed E-state index contributed by atoms with van der Waals surface area (Å²) in [6.45, 7) is 0. The maximum Gasteiger partial charge on any atom is 0.295 e. The number of aromatic hydroxyl groups is 4. The summed E-state index contributed by atoms with van der Waals surface area (Å²) in [6.07, 6.45) is 0. The first-order chi connectivity index (χ1) is 30.3. The average Bonchev–Trinajstić information content (AvgIpc) is 3.22. The minimum Gasteiger partial charge on any atom is -0.506 e. The molecule has 0 saturated carbocycles. The van der Waals surface area contributed by atoms with Crippen molar-refractivity contribution < 1.29 is 77.4 Å². The van der Waals surface area contributed by atoms with E-state index in [2.05, 4.69) is 25.4 Å². The molecule has 26 heteroatoms. The van der Waals surface area contributed by atoms with Gasteiger partial charge in [0.1, 0.15) is 53.8 Å². The van der Waals surface area contributed by atoms with E-state index >= 15 is 0 Å². The number of benzene rings is 7. The van der Waals surface area contributed by atoms with E-state index in [-0.39, 0.29) is 28.1 Å². The summed E-state index contributed by atoms with van der Waals surface area (Å²) in [5, 5.41) is 66.6. The molecule has 7 aromatic rings. The van der Waals surface area contributed by atoms with Crippen LogP contribution in [0.5, 0.6) is 23.0 Å². The van der Waals surface area contributed by atoms with E-state index < -0.39 is 128 Å². The van der Waals surface area contributed by atoms with Crippen molar-refractivity contribution in [3.05, 3.63) is 115 Å². The predicted molar refractivity (Wildman–Crippen MR) is 229 cm³/mol. The van der Waals surface area contributed by atoms with Crippen LogP contribution in [0.3, 0.4) is 0 Å². The molecular weight excluding hydrogens is 939 g/mol. The summed E-state index contributed by atoms with van der Waals surface area (Å²) < 4.78 is 138. The van der Waals surface area contributed by atoms with E-state index in [1.165, 1.54) is 36.4 Å². The van der Waals surface area contributed by atoms with Gasteiger partial charge in [-0.2, -0.15) is 33.7 Å². The van der Waals surface area contributed by atoms with Gasteiger partial charge in [-0.15, -0.1) is 20.5 Å². The van der Waals surface area contributed by atoms with Gasteiger partial charge in [0.05, 0.1) is 5.69 Å². The number of phenols is 4. The molecule has 0 unspecified atom stereocenters. The minimum absolute atomic E-state index is 0.174. The van der Waals surface area contributed by atoms with Crippen molar-refractivity contribution in [2.45, 2.75) is 19.6 Å². The zero-order chi connectivity index (χ0) is 47.4. The highest BCUT2D eigenvalue weighted by Gasteiger charge is 2.28. The van der Waals surface area contributed by atoms with Crippen LogP contribution in [-0.2, 0) is 40.5 Å². The molecule has 0 fully saturated rings. The number of hydrogen-bond acceptors (Lipinski definition) is 17. The molecule has 0 amide bonds. The number of hydrogen-bond donors (Lipinski definition) is 9. The van der Waals surface area contributed by atoms with Crippen LogP contribution in [0.25, 0.3) is 32.7 Å². The van der Waals surface area contributed by atoms with Gasteiger partial charge in [0, 0.05) is 27.1 Å². The van der Waals surface area contributed by atoms with Gasteiger partial charge in [-0.3, -0.25) is 18.2 Å². The van der Waals surface area contributed by atoms with Crippen molar-refractivity contribution >= 4 is 96.4 Å². The lowest BCUT2D eigenvalue weighted by molar-refractivity contribution is 0.472. The third-order valence-corrected chi connectivity index (χ3v) is 12.9. The van der Waals surface area contributed by atoms with Crippen LogP contribution in [0.4, 0.5) is 28.4 Å². The minimum atomic E-state index is -5.30. The SMILES string of the molecule is O=S(=O)(O)c1cc(N=Nc2ccc(-c3ccc(N=Nc4cc(S(=O)(=O)O)c5cc(N=C(O)c6ccccc6)cc(S(=O)(=O)O)c5c4O)c(O)c3)cc2O)c(O)c2c(S(=O)(=O)O)cccc12. The van der Waals surface area contributed by atoms with Crippen molar-refractivity contribution in [3.63, 3.8) is 0 Å². The number of aliphatic hydroxyl groups excluding tert-OH is 1. The Morgan fingerprint density at radius 3 is 1.32 bits per heavy atom. The lowest BCUT2D eigenvalue weighted by Gasteiger charge is -2.13. The Labute approximate surface area is 366 Å². The lowest BCUT2D eigenvalue weighted by Crippen LogP contribution is -2.04. The van der Waals surface area contributed by atoms with Crippen LogP contribution >= 0.6 is 0 Å². The largest absolute Gasteiger partial charge is 0.506 e. The standard InChI is InChI=1S/C39H27N5O17S4/c45-29-13-20(9-11-25(29)41-43-27-17-32(63(53,54)55)23-7-4-8-31(62(50,51)52)35(23)37(27)47)21-10-12-26(30(46)14-21)42-44-28-18-33(64(56,57)58)24-15-22(40-39(49)19-5-2-1-3-6-19)16-34(65(59,60)61)36(24)38(28)48/h1-18,45-48H,(H,40,49)(H,50,51,52)(H,53,54,55)(H,56,57,58)(H,59,60,61). The Balaban J connectivity index is 1.22. The van der Waals surface area contributed by atoms with Crippen LogP contribution in [0.15, 0.2) is 154 Å². The summed E-state index contributed by atoms with van der Waals surface area (Å²) in [5.74, 6) is -3.80. The molecule has 0 spiro atoms. The molecule has 0 aliphatic heterocycles. The molecule has 0 aliphatic carbocycles. The van der Waals surface area contributed by atoms with Gasteiger partial charge in [0.15, 0.2) is 11.5 Å². The maximum atomic E-state index is 12.6. The molecule has 334 valence electrons. The molecule has 0 aromatic heterocycles. The number of nitrogens with zero attached hydrogens (tertiary/aromatic N) is 5. The molecule has 65 heavy (non-hydrogen) atoms. The number of rotatable bonds is 11. The van der Waals surface area contributed by atoms with Crippen molar-refractivity contribution in [1.29, 1.82) is 0 Å². The highest BCUT2D eigenvalue weighted by molar-refractivity contribution is 7.87. The fraction of sp³-hybridized carbons (Fsp3) is 0. The third kappa shape index (κ3) is 9.30. The fourth-order valence-corrected chi connectivity index (χ4v) is 9.30. The second-order valence-electron chi connectivity index (χ2n) is 13.5. The second kappa shape index (κ2) is 16.6. The van der Waals surface area contributed by atoms with Gasteiger partial charge in [0.25, 0.3) is 40.5 Å². The molecule has 0 atom stereocenters. The average molecular weight is 966 g/mol. The summed E-state index contributed by atoms with van der Waals surface area (Å²) in [4.78, 5) is -0.0229. The van der Waals surface area contributed by atoms with Crippen molar-refractivity contribution in [3.8, 4) is 34.1 Å². The van der Waals surface area contributed by atoms with Crippen LogP contribution in [0, 0.1) is 0 Å². The highest BCUT2D eigenvalue weighted by atomic mass is 32.2. The monoisotopic (exact) mass is 965 g/mol. The zero-order valence-electron chi connectivity index (χ0n) is 32.1. The third-order valence-electron chi connectivity index (χ3n) is 9.33. The van der Waals surface area contributed by atoms with Gasteiger partial charge in [-0.1, -0.05) is 42.5 Å². The van der Waals surface area contributed by atoms with E-state index in [1.807, 2.05) is 0 Å². The molecule has 9 N–H and O–H groups in total. The second-order valence-corrected chi connectivity index (χ2v) is 19.1. The molecule has 0 aliphatic rings. The Bertz CT molecular complexity index is 3720. The number of fused-ring (bicyclic) bond motifs is 2. The predicted octanol–water partition coefficient (Wildman–Crippen LogP) is 7.94. The zero-order valence-corrected chi connectivity index (χ0v) is 35.3. The fourth-order valence-electron chi connectivity index (χ4n) is 6.44. The van der Waals surface area contributed by atoms with Crippen LogP contribution < -0.4 is 0 Å². The molecule has 0 saturated heterocycles. The lowest BCUT2D eigenvalue weighted by atomic mass is 10.0. The van der Waals surface area contributed by atoms with E-state index in [0.717, 1.165) is 36.4 Å². The van der Waals surface area contributed by atoms with Gasteiger partial charge in [0.2, 0.25) is 5.90 Å². The van der Waals surface area contributed by atoms with Crippen molar-refractivity contribution in [1.82, 2.24) is 0 Å². The van der Waals surface area contributed by atoms with Gasteiger partial charge in [-0.25, -0.2) is 4.99 Å². The van der Waals surface area contributed by atoms with E-state index in [4.69, 9.17) is 0 Å². The molecule has 7 aromatic carbocycles. The van der Waals surface area contributed by atoms with Gasteiger partial charge < -0.3 is 25.5 Å². The summed E-state index contributed by atoms with van der Waals surface area (Å²) in [6, 6.07) is 20.9. The van der Waals surface area contributed by atoms with Crippen molar-refractivity contribution in [2.75, 3.05) is 0 Å². The smallest absolute Gasteiger partial charge is 0.295 e. The number of azo groups is 2. The van der Waals surface area contributed by atoms with E-state index in [0.29, 0.717) is 18.2 Å². The number of phenolic OH excluding ortho intramolecular Hbond substituents is 4. The maximum absolute atomic E-state index is 12.6. The molecule has 0 heterocycles. The number of aliphatic hydroxyl groups is 1. The van der Waals surface area contributed by atoms with Gasteiger partial charge in [-0.05, 0) is 77.9 Å². The first-order valence-corrected chi connectivity index (χ1v) is 23.4. The first kappa shape index (κ1) is 45.6. The van der Waals surface area contributed by atoms with E-state index in [9.17, 15) is 77.4 Å². The summed E-state index contributed by atoms with van der Waals surface area (Å²) in [5.41, 5.74) is -1.85. The quantitative estimate of drug-likeness (QED) is 0.0257. The van der Waals surface area contributed by atoms with Crippen molar-refractivity contribution in [2.24, 2.45) is 25.4 Å². The highest BCUT2D eigenvalue weighted by Crippen LogP contribution is 2.46. The Morgan fingerprint density at radius 2 is 0.862 bits per heavy atom. The summed E-state index contributed by atoms with van der Waals surface area (Å²) >= 11 is 0. The molecular formula is C39H27N5O17S4. The topological polar surface area (TPSA) is 380 Å². The molecule has 7 rings (SSSR count). The van der Waals surface area contributed by atoms with Crippen LogP contribution in [0.2, 0.25) is 0 Å². The summed E-state index contributed by atoms with van der Waals surface area (Å²) in [7, 11) is -20.7. The van der Waals surface area contributed by atoms with E-state index in [1.54, 1.807) is 18.2 Å². The molecule has 0 bridgehead atoms. The first-order valence-electron chi connectivity index (χ1n) is 17.7. The number of aliphatic imine (C=N–C) groups is 1. The Hall–Kier alpha value is -7.43. The van der Waals surface area contributed by atoms with Crippen LogP contribution in [0.1, 0.15) is 5.56 Å². The van der Waals surface area contributed by atoms with Gasteiger partial charge >= 0.3 is 0 Å². The molecule has 22 nitrogen and oxygen atoms in total. The molecule has 0 radical (unpaired) electrons. The van der Waals surface area contributed by atoms with Crippen LogP contribution in [-0.4, -0.2) is 83.3 Å².